The number of rotatable bonds is 1. The van der Waals surface area contributed by atoms with Gasteiger partial charge >= 0.3 is 0 Å². The Morgan fingerprint density at radius 1 is 0.793 bits per heavy atom. The Kier molecular flexibility index (Phi) is 3.11. The predicted molar refractivity (Wildman–Crippen MR) is 107 cm³/mol. The summed E-state index contributed by atoms with van der Waals surface area (Å²) in [5.74, 6) is -1.57. The largest absolute Gasteiger partial charge is 0.274 e. The maximum atomic E-state index is 13.8. The zero-order valence-electron chi connectivity index (χ0n) is 15.8. The lowest BCUT2D eigenvalue weighted by molar-refractivity contribution is -0.128. The van der Waals surface area contributed by atoms with Crippen molar-refractivity contribution in [3.05, 3.63) is 101 Å². The molecule has 3 aromatic carbocycles. The summed E-state index contributed by atoms with van der Waals surface area (Å²) in [5.41, 5.74) is 4.12. The number of hydrogen-bond donors (Lipinski definition) is 0. The van der Waals surface area contributed by atoms with E-state index >= 15 is 0 Å². The van der Waals surface area contributed by atoms with Gasteiger partial charge in [0.15, 0.2) is 0 Å². The fourth-order valence-electron chi connectivity index (χ4n) is 5.95. The molecule has 1 aliphatic heterocycles. The molecule has 29 heavy (non-hydrogen) atoms. The minimum absolute atomic E-state index is 0.153. The molecule has 142 valence electrons. The van der Waals surface area contributed by atoms with Gasteiger partial charge in [-0.25, -0.2) is 9.29 Å². The SMILES string of the molecule is C[C@@]12C(=O)N(c3ccc(F)cc3)C(=O)[C@H]1C1c3ccccc3C2c2ccccc21. The van der Waals surface area contributed by atoms with E-state index in [9.17, 15) is 14.0 Å². The molecule has 3 aliphatic carbocycles. The van der Waals surface area contributed by atoms with Gasteiger partial charge < -0.3 is 0 Å². The van der Waals surface area contributed by atoms with Crippen molar-refractivity contribution in [2.75, 3.05) is 4.90 Å². The topological polar surface area (TPSA) is 37.4 Å². The zero-order chi connectivity index (χ0) is 19.9. The first-order valence-corrected chi connectivity index (χ1v) is 9.85. The van der Waals surface area contributed by atoms with E-state index in [-0.39, 0.29) is 23.7 Å². The van der Waals surface area contributed by atoms with Crippen LogP contribution in [-0.4, -0.2) is 11.8 Å². The van der Waals surface area contributed by atoms with E-state index in [2.05, 4.69) is 24.3 Å². The lowest BCUT2D eigenvalue weighted by Crippen LogP contribution is -2.49. The molecule has 2 amide bonds. The average molecular weight is 383 g/mol. The number of benzene rings is 3. The van der Waals surface area contributed by atoms with Crippen LogP contribution < -0.4 is 4.90 Å². The van der Waals surface area contributed by atoms with Gasteiger partial charge in [0, 0.05) is 11.8 Å². The molecule has 4 heteroatoms. The Hall–Kier alpha value is -3.27. The molecule has 0 N–H and O–H groups in total. The normalized spacial score (nSPS) is 28.9. The van der Waals surface area contributed by atoms with Crippen LogP contribution in [0, 0.1) is 17.2 Å². The number of imide groups is 1. The smallest absolute Gasteiger partial charge is 0.241 e. The first kappa shape index (κ1) is 16.7. The molecule has 3 aromatic rings. The Bertz CT molecular complexity index is 1150. The van der Waals surface area contributed by atoms with Crippen molar-refractivity contribution in [1.82, 2.24) is 0 Å². The molecule has 3 nitrogen and oxygen atoms in total. The number of amides is 2. The molecule has 1 heterocycles. The van der Waals surface area contributed by atoms with Crippen LogP contribution in [-0.2, 0) is 9.59 Å². The summed E-state index contributed by atoms with van der Waals surface area (Å²) in [6.07, 6.45) is 0. The van der Waals surface area contributed by atoms with Crippen molar-refractivity contribution in [2.24, 2.45) is 11.3 Å². The highest BCUT2D eigenvalue weighted by Crippen LogP contribution is 2.67. The Labute approximate surface area is 167 Å². The molecule has 1 saturated heterocycles. The monoisotopic (exact) mass is 383 g/mol. The van der Waals surface area contributed by atoms with Gasteiger partial charge in [-0.2, -0.15) is 0 Å². The lowest BCUT2D eigenvalue weighted by atomic mass is 9.48. The molecule has 0 spiro atoms. The van der Waals surface area contributed by atoms with Crippen molar-refractivity contribution < 1.29 is 14.0 Å². The quantitative estimate of drug-likeness (QED) is 0.576. The van der Waals surface area contributed by atoms with E-state index in [4.69, 9.17) is 0 Å². The molecule has 0 saturated carbocycles. The first-order valence-electron chi connectivity index (χ1n) is 9.85. The number of halogens is 1. The summed E-state index contributed by atoms with van der Waals surface area (Å²) in [4.78, 5) is 28.7. The minimum Gasteiger partial charge on any atom is -0.274 e. The molecule has 1 fully saturated rings. The second-order valence-electron chi connectivity index (χ2n) is 8.38. The van der Waals surface area contributed by atoms with E-state index in [0.29, 0.717) is 5.69 Å². The summed E-state index contributed by atoms with van der Waals surface area (Å²) in [7, 11) is 0. The van der Waals surface area contributed by atoms with Crippen LogP contribution in [0.4, 0.5) is 10.1 Å². The highest BCUT2D eigenvalue weighted by Gasteiger charge is 2.68. The van der Waals surface area contributed by atoms with Gasteiger partial charge in [0.25, 0.3) is 0 Å². The standard InChI is InChI=1S/C25H18FNO2/c1-25-21-18-8-4-2-6-16(18)20(17-7-3-5-9-19(17)21)22(25)23(28)27(24(25)29)15-12-10-14(26)11-13-15/h2-13,20-22H,1H3/t20?,21?,22-,25+/m1/s1. The molecule has 0 unspecified atom stereocenters. The van der Waals surface area contributed by atoms with Gasteiger partial charge in [0.05, 0.1) is 17.0 Å². The number of hydrogen-bond acceptors (Lipinski definition) is 2. The van der Waals surface area contributed by atoms with E-state index < -0.39 is 17.2 Å². The van der Waals surface area contributed by atoms with Crippen molar-refractivity contribution in [2.45, 2.75) is 18.8 Å². The van der Waals surface area contributed by atoms with E-state index in [1.54, 1.807) is 0 Å². The van der Waals surface area contributed by atoms with Crippen LogP contribution in [0.25, 0.3) is 0 Å². The van der Waals surface area contributed by atoms with Crippen molar-refractivity contribution in [3.8, 4) is 0 Å². The van der Waals surface area contributed by atoms with Crippen LogP contribution in [0.2, 0.25) is 0 Å². The number of carbonyl (C=O) groups excluding carboxylic acids is 2. The van der Waals surface area contributed by atoms with Crippen LogP contribution in [0.3, 0.4) is 0 Å². The molecule has 2 bridgehead atoms. The third-order valence-corrected chi connectivity index (χ3v) is 7.10. The van der Waals surface area contributed by atoms with Gasteiger partial charge in [-0.1, -0.05) is 48.5 Å². The molecule has 0 radical (unpaired) electrons. The van der Waals surface area contributed by atoms with Crippen molar-refractivity contribution in [3.63, 3.8) is 0 Å². The number of anilines is 1. The van der Waals surface area contributed by atoms with Gasteiger partial charge in [-0.05, 0) is 53.4 Å². The highest BCUT2D eigenvalue weighted by atomic mass is 19.1. The molecule has 4 aliphatic rings. The van der Waals surface area contributed by atoms with Gasteiger partial charge in [-0.15, -0.1) is 0 Å². The zero-order valence-corrected chi connectivity index (χ0v) is 15.8. The van der Waals surface area contributed by atoms with Crippen LogP contribution in [0.15, 0.2) is 72.8 Å². The van der Waals surface area contributed by atoms with Crippen LogP contribution >= 0.6 is 0 Å². The summed E-state index contributed by atoms with van der Waals surface area (Å²) in [5, 5.41) is 0. The average Bonchev–Trinajstić information content (AvgIpc) is 2.95. The number of carbonyl (C=O) groups is 2. The third-order valence-electron chi connectivity index (χ3n) is 7.10. The predicted octanol–water partition coefficient (Wildman–Crippen LogP) is 4.61. The van der Waals surface area contributed by atoms with Crippen LogP contribution in [0.1, 0.15) is 41.0 Å². The van der Waals surface area contributed by atoms with Gasteiger partial charge in [-0.3, -0.25) is 9.59 Å². The lowest BCUT2D eigenvalue weighted by Gasteiger charge is -2.51. The highest BCUT2D eigenvalue weighted by molar-refractivity contribution is 6.25. The summed E-state index contributed by atoms with van der Waals surface area (Å²) in [6.45, 7) is 1.94. The Morgan fingerprint density at radius 2 is 1.31 bits per heavy atom. The summed E-state index contributed by atoms with van der Waals surface area (Å²) < 4.78 is 13.4. The first-order chi connectivity index (χ1) is 14.0. The maximum absolute atomic E-state index is 13.8. The molecule has 2 atom stereocenters. The second-order valence-corrected chi connectivity index (χ2v) is 8.38. The molecule has 0 aromatic heterocycles. The fraction of sp³-hybridized carbons (Fsp3) is 0.200. The van der Waals surface area contributed by atoms with Crippen molar-refractivity contribution >= 4 is 17.5 Å². The van der Waals surface area contributed by atoms with Crippen molar-refractivity contribution in [1.29, 1.82) is 0 Å². The third kappa shape index (κ3) is 1.87. The maximum Gasteiger partial charge on any atom is 0.241 e. The molecular formula is C25H18FNO2. The van der Waals surface area contributed by atoms with E-state index in [0.717, 1.165) is 22.3 Å². The Balaban J connectivity index is 1.61. The fourth-order valence-corrected chi connectivity index (χ4v) is 5.95. The van der Waals surface area contributed by atoms with E-state index in [1.165, 1.54) is 29.2 Å². The second kappa shape index (κ2) is 5.41. The minimum atomic E-state index is -0.862. The van der Waals surface area contributed by atoms with Gasteiger partial charge in [0.2, 0.25) is 11.8 Å². The molecule has 7 rings (SSSR count). The summed E-state index contributed by atoms with van der Waals surface area (Å²) in [6, 6.07) is 21.9. The van der Waals surface area contributed by atoms with E-state index in [1.807, 2.05) is 31.2 Å². The van der Waals surface area contributed by atoms with Crippen LogP contribution in [0.5, 0.6) is 0 Å². The number of nitrogens with zero attached hydrogens (tertiary/aromatic N) is 1. The molecular weight excluding hydrogens is 365 g/mol. The Morgan fingerprint density at radius 3 is 1.86 bits per heavy atom. The summed E-state index contributed by atoms with van der Waals surface area (Å²) >= 11 is 0. The van der Waals surface area contributed by atoms with Gasteiger partial charge in [0.1, 0.15) is 5.82 Å².